The zero-order chi connectivity index (χ0) is 19.0. The van der Waals surface area contributed by atoms with Gasteiger partial charge in [0.2, 0.25) is 0 Å². The number of aromatic nitrogens is 4. The monoisotopic (exact) mass is 366 g/mol. The zero-order valence-electron chi connectivity index (χ0n) is 15.5. The molecule has 9 nitrogen and oxygen atoms in total. The lowest BCUT2D eigenvalue weighted by Gasteiger charge is -2.40. The molecule has 2 amide bonds. The van der Waals surface area contributed by atoms with Crippen LogP contribution in [0.3, 0.4) is 0 Å². The predicted octanol–water partition coefficient (Wildman–Crippen LogP) is 1.13. The Balaban J connectivity index is 1.52. The van der Waals surface area contributed by atoms with Gasteiger partial charge >= 0.3 is 6.03 Å². The molecular weight excluding hydrogens is 344 g/mol. The van der Waals surface area contributed by atoms with E-state index in [0.717, 1.165) is 18.4 Å². The van der Waals surface area contributed by atoms with Crippen molar-refractivity contribution < 1.29 is 4.79 Å². The van der Waals surface area contributed by atoms with Crippen molar-refractivity contribution in [3.8, 4) is 17.3 Å². The highest BCUT2D eigenvalue weighted by Crippen LogP contribution is 2.24. The molecule has 1 N–H and O–H groups in total. The summed E-state index contributed by atoms with van der Waals surface area (Å²) in [6.07, 6.45) is 7.29. The molecule has 1 atom stereocenters. The molecule has 1 aliphatic heterocycles. The number of hydrogen-bond donors (Lipinski definition) is 1. The minimum atomic E-state index is 0.0200. The third-order valence-corrected chi connectivity index (χ3v) is 4.96. The van der Waals surface area contributed by atoms with Crippen LogP contribution in [0.15, 0.2) is 18.6 Å². The maximum absolute atomic E-state index is 12.4. The van der Waals surface area contributed by atoms with E-state index in [1.165, 1.54) is 0 Å². The number of nitrogens with zero attached hydrogens (tertiary/aromatic N) is 7. The average Bonchev–Trinajstić information content (AvgIpc) is 3.38. The molecule has 2 aliphatic rings. The van der Waals surface area contributed by atoms with Gasteiger partial charge in [0.1, 0.15) is 17.6 Å². The van der Waals surface area contributed by atoms with Crippen LogP contribution in [-0.4, -0.2) is 62.4 Å². The molecule has 0 radical (unpaired) electrons. The summed E-state index contributed by atoms with van der Waals surface area (Å²) in [5.74, 6) is 0.710. The van der Waals surface area contributed by atoms with E-state index in [9.17, 15) is 10.1 Å². The molecule has 27 heavy (non-hydrogen) atoms. The van der Waals surface area contributed by atoms with Crippen molar-refractivity contribution in [3.05, 3.63) is 24.3 Å². The summed E-state index contributed by atoms with van der Waals surface area (Å²) in [6.45, 7) is 4.02. The molecule has 2 aromatic rings. The van der Waals surface area contributed by atoms with Crippen LogP contribution in [-0.2, 0) is 7.05 Å². The Morgan fingerprint density at radius 3 is 2.78 bits per heavy atom. The summed E-state index contributed by atoms with van der Waals surface area (Å²) < 4.78 is 1.67. The average molecular weight is 366 g/mol. The van der Waals surface area contributed by atoms with Crippen molar-refractivity contribution in [1.82, 2.24) is 30.0 Å². The standard InChI is InChI=1S/C18H22N8O/c1-12-10-25(5-6-26(12)18(27)22-14-3-4-14)16-9-20-15(7-19)17(23-16)13-8-21-24(2)11-13/h8-9,11-12,14H,3-6,10H2,1-2H3,(H,22,27). The highest BCUT2D eigenvalue weighted by molar-refractivity contribution is 5.75. The van der Waals surface area contributed by atoms with Crippen molar-refractivity contribution in [3.63, 3.8) is 0 Å². The minimum absolute atomic E-state index is 0.0200. The molecule has 0 bridgehead atoms. The lowest BCUT2D eigenvalue weighted by Crippen LogP contribution is -2.57. The normalized spacial score (nSPS) is 19.7. The number of amides is 2. The summed E-state index contributed by atoms with van der Waals surface area (Å²) in [6, 6.07) is 2.54. The van der Waals surface area contributed by atoms with Crippen molar-refractivity contribution in [2.45, 2.75) is 31.8 Å². The van der Waals surface area contributed by atoms with Crippen LogP contribution in [0.2, 0.25) is 0 Å². The first-order valence-electron chi connectivity index (χ1n) is 9.13. The van der Waals surface area contributed by atoms with Crippen molar-refractivity contribution >= 4 is 11.8 Å². The lowest BCUT2D eigenvalue weighted by molar-refractivity contribution is 0.171. The number of nitrogens with one attached hydrogen (secondary N) is 1. The van der Waals surface area contributed by atoms with Gasteiger partial charge in [0.05, 0.1) is 12.4 Å². The van der Waals surface area contributed by atoms with Crippen LogP contribution < -0.4 is 10.2 Å². The van der Waals surface area contributed by atoms with E-state index >= 15 is 0 Å². The van der Waals surface area contributed by atoms with Gasteiger partial charge in [-0.25, -0.2) is 14.8 Å². The van der Waals surface area contributed by atoms with Gasteiger partial charge in [-0.2, -0.15) is 10.4 Å². The number of aryl methyl sites for hydroxylation is 1. The summed E-state index contributed by atoms with van der Waals surface area (Å²) in [5, 5.41) is 16.6. The first kappa shape index (κ1) is 17.3. The van der Waals surface area contributed by atoms with E-state index in [1.54, 1.807) is 17.1 Å². The van der Waals surface area contributed by atoms with E-state index in [1.807, 2.05) is 25.1 Å². The second-order valence-electron chi connectivity index (χ2n) is 7.15. The van der Waals surface area contributed by atoms with Gasteiger partial charge in [-0.05, 0) is 19.8 Å². The molecule has 3 heterocycles. The number of carbonyl (C=O) groups excluding carboxylic acids is 1. The number of carbonyl (C=O) groups is 1. The van der Waals surface area contributed by atoms with Crippen LogP contribution in [0.4, 0.5) is 10.6 Å². The van der Waals surface area contributed by atoms with Crippen molar-refractivity contribution in [1.29, 1.82) is 5.26 Å². The van der Waals surface area contributed by atoms with Crippen LogP contribution in [0.25, 0.3) is 11.3 Å². The zero-order valence-corrected chi connectivity index (χ0v) is 15.5. The Bertz CT molecular complexity index is 897. The fourth-order valence-electron chi connectivity index (χ4n) is 3.31. The summed E-state index contributed by atoms with van der Waals surface area (Å²) in [7, 11) is 1.82. The van der Waals surface area contributed by atoms with E-state index in [-0.39, 0.29) is 17.8 Å². The maximum Gasteiger partial charge on any atom is 0.317 e. The molecule has 1 unspecified atom stereocenters. The second kappa shape index (κ2) is 6.87. The first-order chi connectivity index (χ1) is 13.0. The number of anilines is 1. The molecule has 140 valence electrons. The fourth-order valence-corrected chi connectivity index (χ4v) is 3.31. The highest BCUT2D eigenvalue weighted by Gasteiger charge is 2.32. The van der Waals surface area contributed by atoms with Gasteiger partial charge in [0.15, 0.2) is 5.69 Å². The number of hydrogen-bond acceptors (Lipinski definition) is 6. The molecule has 0 spiro atoms. The Kier molecular flexibility index (Phi) is 4.39. The Morgan fingerprint density at radius 2 is 2.15 bits per heavy atom. The molecule has 0 aromatic carbocycles. The lowest BCUT2D eigenvalue weighted by atomic mass is 10.2. The van der Waals surface area contributed by atoms with E-state index < -0.39 is 0 Å². The van der Waals surface area contributed by atoms with Crippen LogP contribution in [0, 0.1) is 11.3 Å². The summed E-state index contributed by atoms with van der Waals surface area (Å²) in [4.78, 5) is 25.3. The van der Waals surface area contributed by atoms with Crippen LogP contribution in [0.5, 0.6) is 0 Å². The third-order valence-electron chi connectivity index (χ3n) is 4.96. The van der Waals surface area contributed by atoms with Gasteiger partial charge in [-0.3, -0.25) is 4.68 Å². The molecule has 1 saturated carbocycles. The SMILES string of the molecule is CC1CN(c2cnc(C#N)c(-c3cnn(C)c3)n2)CCN1C(=O)NC1CC1. The smallest absolute Gasteiger partial charge is 0.317 e. The van der Waals surface area contributed by atoms with Gasteiger partial charge in [-0.15, -0.1) is 0 Å². The number of rotatable bonds is 3. The highest BCUT2D eigenvalue weighted by atomic mass is 16.2. The topological polar surface area (TPSA) is 103 Å². The molecule has 1 aliphatic carbocycles. The van der Waals surface area contributed by atoms with Crippen molar-refractivity contribution in [2.24, 2.45) is 7.05 Å². The fraction of sp³-hybridized carbons (Fsp3) is 0.500. The maximum atomic E-state index is 12.4. The van der Waals surface area contributed by atoms with Crippen molar-refractivity contribution in [2.75, 3.05) is 24.5 Å². The molecule has 9 heteroatoms. The number of nitriles is 1. The summed E-state index contributed by atoms with van der Waals surface area (Å²) >= 11 is 0. The van der Waals surface area contributed by atoms with Gasteiger partial charge in [-0.1, -0.05) is 0 Å². The molecule has 2 aromatic heterocycles. The molecule has 1 saturated heterocycles. The van der Waals surface area contributed by atoms with Gasteiger partial charge < -0.3 is 15.1 Å². The first-order valence-corrected chi connectivity index (χ1v) is 9.13. The predicted molar refractivity (Wildman–Crippen MR) is 98.9 cm³/mol. The van der Waals surface area contributed by atoms with E-state index in [2.05, 4.69) is 31.4 Å². The van der Waals surface area contributed by atoms with Crippen LogP contribution >= 0.6 is 0 Å². The van der Waals surface area contributed by atoms with Gasteiger partial charge in [0.25, 0.3) is 0 Å². The Labute approximate surface area is 157 Å². The van der Waals surface area contributed by atoms with Gasteiger partial charge in [0, 0.05) is 50.5 Å². The number of piperazine rings is 1. The molecule has 4 rings (SSSR count). The minimum Gasteiger partial charge on any atom is -0.351 e. The second-order valence-corrected chi connectivity index (χ2v) is 7.15. The van der Waals surface area contributed by atoms with E-state index in [4.69, 9.17) is 0 Å². The molecular formula is C18H22N8O. The molecule has 2 fully saturated rings. The quantitative estimate of drug-likeness (QED) is 0.873. The summed E-state index contributed by atoms with van der Waals surface area (Å²) in [5.41, 5.74) is 1.57. The Morgan fingerprint density at radius 1 is 1.33 bits per heavy atom. The van der Waals surface area contributed by atoms with E-state index in [0.29, 0.717) is 37.2 Å². The third kappa shape index (κ3) is 3.56. The largest absolute Gasteiger partial charge is 0.351 e. The Hall–Kier alpha value is -3.15. The van der Waals surface area contributed by atoms with Crippen LogP contribution in [0.1, 0.15) is 25.5 Å². The number of urea groups is 1.